The van der Waals surface area contributed by atoms with E-state index in [0.29, 0.717) is 0 Å². The molecule has 0 aromatic carbocycles. The molecular weight excluding hydrogens is 172 g/mol. The van der Waals surface area contributed by atoms with Crippen LogP contribution in [0.5, 0.6) is 0 Å². The normalized spacial score (nSPS) is 9.27. The Morgan fingerprint density at radius 2 is 2.18 bits per heavy atom. The lowest BCUT2D eigenvalue weighted by atomic mass is 10.5. The van der Waals surface area contributed by atoms with Crippen molar-refractivity contribution < 1.29 is 14.7 Å². The van der Waals surface area contributed by atoms with Crippen LogP contribution in [0.3, 0.4) is 0 Å². The first-order valence-corrected chi connectivity index (χ1v) is 3.25. The molecule has 0 aromatic rings. The molecule has 0 rings (SSSR count). The molecule has 0 radical (unpaired) electrons. The summed E-state index contributed by atoms with van der Waals surface area (Å²) in [6.07, 6.45) is 0. The first kappa shape index (κ1) is 10.2. The number of likely N-dealkylation sites (N-methyl/N-ethyl adjacent to an activating group) is 1. The van der Waals surface area contributed by atoms with Crippen LogP contribution < -0.4 is 4.84 Å². The minimum Gasteiger partial charge on any atom is -0.480 e. The quantitative estimate of drug-likeness (QED) is 0.560. The fraction of sp³-hybridized carbons (Fsp3) is 0.600. The van der Waals surface area contributed by atoms with Crippen LogP contribution in [0.25, 0.3) is 0 Å². The van der Waals surface area contributed by atoms with Gasteiger partial charge in [-0.2, -0.15) is 0 Å². The van der Waals surface area contributed by atoms with Crippen LogP contribution in [-0.4, -0.2) is 42.0 Å². The van der Waals surface area contributed by atoms with Crippen molar-refractivity contribution in [2.24, 2.45) is 0 Å². The van der Waals surface area contributed by atoms with E-state index in [1.807, 2.05) is 0 Å². The second-order valence-electron chi connectivity index (χ2n) is 1.95. The number of nitrogens with one attached hydrogen (secondary N) is 1. The predicted molar refractivity (Wildman–Crippen MR) is 39.1 cm³/mol. The van der Waals surface area contributed by atoms with Crippen LogP contribution in [0.4, 0.5) is 0 Å². The van der Waals surface area contributed by atoms with E-state index in [1.54, 1.807) is 0 Å². The predicted octanol–water partition coefficient (Wildman–Crippen LogP) is -0.727. The van der Waals surface area contributed by atoms with E-state index >= 15 is 0 Å². The van der Waals surface area contributed by atoms with Crippen molar-refractivity contribution in [3.8, 4) is 0 Å². The maximum absolute atomic E-state index is 10.8. The highest BCUT2D eigenvalue weighted by Crippen LogP contribution is 1.83. The van der Waals surface area contributed by atoms with Crippen molar-refractivity contribution >= 4 is 23.7 Å². The van der Waals surface area contributed by atoms with Crippen LogP contribution in [-0.2, 0) is 9.59 Å². The number of carbonyl (C=O) groups excluding carboxylic acids is 1. The van der Waals surface area contributed by atoms with Gasteiger partial charge in [0.25, 0.3) is 0 Å². The van der Waals surface area contributed by atoms with Gasteiger partial charge in [-0.25, -0.2) is 4.84 Å². The Balaban J connectivity index is 3.73. The number of carboxylic acid groups (broad SMARTS) is 1. The zero-order chi connectivity index (χ0) is 8.85. The minimum atomic E-state index is -1.05. The topological polar surface area (TPSA) is 69.6 Å². The third kappa shape index (κ3) is 4.58. The number of halogens is 1. The molecule has 5 nitrogen and oxygen atoms in total. The number of hydrogen-bond acceptors (Lipinski definition) is 3. The van der Waals surface area contributed by atoms with Gasteiger partial charge in [0.2, 0.25) is 5.91 Å². The van der Waals surface area contributed by atoms with Crippen LogP contribution in [0.2, 0.25) is 0 Å². The summed E-state index contributed by atoms with van der Waals surface area (Å²) in [4.78, 5) is 24.0. The van der Waals surface area contributed by atoms with Crippen LogP contribution in [0.1, 0.15) is 0 Å². The van der Waals surface area contributed by atoms with E-state index in [4.69, 9.17) is 16.9 Å². The lowest BCUT2D eigenvalue weighted by Gasteiger charge is -2.12. The first-order valence-electron chi connectivity index (χ1n) is 2.87. The van der Waals surface area contributed by atoms with E-state index in [0.717, 1.165) is 4.90 Å². The van der Waals surface area contributed by atoms with Crippen molar-refractivity contribution in [3.05, 3.63) is 0 Å². The lowest BCUT2D eigenvalue weighted by Crippen LogP contribution is -2.36. The van der Waals surface area contributed by atoms with Gasteiger partial charge in [-0.05, 0) is 11.8 Å². The van der Waals surface area contributed by atoms with Crippen molar-refractivity contribution in [2.75, 3.05) is 20.1 Å². The Morgan fingerprint density at radius 3 is 2.55 bits per heavy atom. The zero-order valence-corrected chi connectivity index (χ0v) is 6.76. The summed E-state index contributed by atoms with van der Waals surface area (Å²) in [6, 6.07) is 0. The number of carboxylic acids is 1. The molecule has 6 heteroatoms. The number of carbonyl (C=O) groups is 2. The Labute approximate surface area is 69.0 Å². The fourth-order valence-corrected chi connectivity index (χ4v) is 0.597. The van der Waals surface area contributed by atoms with E-state index < -0.39 is 5.97 Å². The molecule has 0 heterocycles. The molecular formula is C5H9ClN2O3. The van der Waals surface area contributed by atoms with E-state index in [2.05, 4.69) is 4.84 Å². The molecule has 0 saturated heterocycles. The van der Waals surface area contributed by atoms with Crippen molar-refractivity contribution in [3.63, 3.8) is 0 Å². The molecule has 0 aromatic heterocycles. The smallest absolute Gasteiger partial charge is 0.323 e. The van der Waals surface area contributed by atoms with Gasteiger partial charge in [-0.3, -0.25) is 9.59 Å². The molecule has 0 aliphatic carbocycles. The Morgan fingerprint density at radius 1 is 1.64 bits per heavy atom. The number of rotatable bonds is 4. The average Bonchev–Trinajstić information content (AvgIpc) is 1.86. The molecule has 0 atom stereocenters. The summed E-state index contributed by atoms with van der Waals surface area (Å²) in [6.45, 7) is -0.372. The average molecular weight is 181 g/mol. The third-order valence-electron chi connectivity index (χ3n) is 1.02. The summed E-state index contributed by atoms with van der Waals surface area (Å²) in [7, 11) is 1.39. The maximum Gasteiger partial charge on any atom is 0.323 e. The van der Waals surface area contributed by atoms with E-state index in [1.165, 1.54) is 7.05 Å². The molecule has 0 unspecified atom stereocenters. The number of nitrogens with zero attached hydrogens (tertiary/aromatic N) is 1. The molecule has 0 aliphatic heterocycles. The van der Waals surface area contributed by atoms with Crippen molar-refractivity contribution in [1.29, 1.82) is 0 Å². The Kier molecular flexibility index (Phi) is 4.56. The number of aliphatic carboxylic acids is 1. The van der Waals surface area contributed by atoms with Gasteiger partial charge in [-0.1, -0.05) is 0 Å². The highest BCUT2D eigenvalue weighted by atomic mass is 35.5. The molecule has 2 N–H and O–H groups in total. The summed E-state index contributed by atoms with van der Waals surface area (Å²) >= 11 is 5.03. The Bertz CT molecular complexity index is 162. The van der Waals surface area contributed by atoms with Crippen LogP contribution in [0, 0.1) is 0 Å². The monoisotopic (exact) mass is 180 g/mol. The number of amides is 1. The Hall–Kier alpha value is -0.810. The van der Waals surface area contributed by atoms with Crippen LogP contribution in [0.15, 0.2) is 0 Å². The third-order valence-corrected chi connectivity index (χ3v) is 1.15. The maximum atomic E-state index is 10.8. The molecule has 0 spiro atoms. The highest BCUT2D eigenvalue weighted by molar-refractivity contribution is 6.14. The first-order chi connectivity index (χ1) is 5.07. The molecule has 0 aliphatic rings. The fourth-order valence-electron chi connectivity index (χ4n) is 0.483. The minimum absolute atomic E-state index is 0.0642. The molecule has 1 amide bonds. The van der Waals surface area contributed by atoms with E-state index in [9.17, 15) is 9.59 Å². The molecule has 0 fully saturated rings. The summed E-state index contributed by atoms with van der Waals surface area (Å²) < 4.78 is 0. The van der Waals surface area contributed by atoms with Gasteiger partial charge in [-0.15, -0.1) is 0 Å². The van der Waals surface area contributed by atoms with Gasteiger partial charge in [0.15, 0.2) is 0 Å². The second-order valence-corrected chi connectivity index (χ2v) is 2.22. The summed E-state index contributed by atoms with van der Waals surface area (Å²) in [5, 5.41) is 8.25. The molecule has 64 valence electrons. The van der Waals surface area contributed by atoms with Gasteiger partial charge in [0.1, 0.15) is 6.54 Å². The highest BCUT2D eigenvalue weighted by Gasteiger charge is 2.10. The lowest BCUT2D eigenvalue weighted by molar-refractivity contribution is -0.143. The van der Waals surface area contributed by atoms with Gasteiger partial charge in [0.05, 0.1) is 6.54 Å². The van der Waals surface area contributed by atoms with Gasteiger partial charge in [0, 0.05) is 7.05 Å². The number of hydrogen-bond donors (Lipinski definition) is 2. The zero-order valence-electron chi connectivity index (χ0n) is 6.00. The summed E-state index contributed by atoms with van der Waals surface area (Å²) in [5.41, 5.74) is 0. The largest absolute Gasteiger partial charge is 0.480 e. The van der Waals surface area contributed by atoms with Gasteiger partial charge >= 0.3 is 5.97 Å². The SMILES string of the molecule is CN(CC(=O)O)C(=O)CNCl. The van der Waals surface area contributed by atoms with Crippen molar-refractivity contribution in [2.45, 2.75) is 0 Å². The van der Waals surface area contributed by atoms with Gasteiger partial charge < -0.3 is 10.0 Å². The summed E-state index contributed by atoms with van der Waals surface area (Å²) in [5.74, 6) is -1.40. The standard InChI is InChI=1S/C5H9ClN2O3/c1-8(3-5(10)11)4(9)2-7-6/h7H,2-3H2,1H3,(H,10,11). The molecule has 11 heavy (non-hydrogen) atoms. The van der Waals surface area contributed by atoms with Crippen LogP contribution >= 0.6 is 11.8 Å². The second kappa shape index (κ2) is 4.92. The molecule has 0 saturated carbocycles. The van der Waals surface area contributed by atoms with Crippen molar-refractivity contribution in [1.82, 2.24) is 9.74 Å². The molecule has 0 bridgehead atoms. The van der Waals surface area contributed by atoms with E-state index in [-0.39, 0.29) is 19.0 Å².